The Kier molecular flexibility index (Phi) is 2.46. The first kappa shape index (κ1) is 9.27. The number of rotatable bonds is 0. The van der Waals surface area contributed by atoms with Crippen molar-refractivity contribution in [2.45, 2.75) is 0 Å². The lowest BCUT2D eigenvalue weighted by atomic mass is 10.0. The van der Waals surface area contributed by atoms with Crippen LogP contribution in [0.2, 0.25) is 0 Å². The van der Waals surface area contributed by atoms with Crippen LogP contribution >= 0.6 is 0 Å². The van der Waals surface area contributed by atoms with Crippen LogP contribution in [0.3, 0.4) is 0 Å². The molecule has 0 amide bonds. The van der Waals surface area contributed by atoms with Crippen LogP contribution in [0.25, 0.3) is 0 Å². The number of hydrogen-bond donors (Lipinski definition) is 0. The summed E-state index contributed by atoms with van der Waals surface area (Å²) >= 11 is 0. The van der Waals surface area contributed by atoms with Gasteiger partial charge in [-0.2, -0.15) is 21.0 Å². The van der Waals surface area contributed by atoms with Gasteiger partial charge in [0.15, 0.2) is 0 Å². The SMILES string of the molecule is N#Cc1cc(C#N)c(C#N)cc1C#N. The second kappa shape index (κ2) is 3.72. The molecule has 0 radical (unpaired) electrons. The Labute approximate surface area is 80.5 Å². The Morgan fingerprint density at radius 1 is 0.571 bits per heavy atom. The third kappa shape index (κ3) is 1.37. The fraction of sp³-hybridized carbons (Fsp3) is 0. The fourth-order valence-electron chi connectivity index (χ4n) is 0.970. The van der Waals surface area contributed by atoms with Gasteiger partial charge in [0.25, 0.3) is 0 Å². The molecule has 0 bridgehead atoms. The van der Waals surface area contributed by atoms with Crippen LogP contribution in [-0.4, -0.2) is 0 Å². The van der Waals surface area contributed by atoms with Crippen LogP contribution in [0, 0.1) is 45.3 Å². The maximum atomic E-state index is 8.64. The molecule has 14 heavy (non-hydrogen) atoms. The zero-order valence-corrected chi connectivity index (χ0v) is 6.94. The van der Waals surface area contributed by atoms with Crippen molar-refractivity contribution in [2.75, 3.05) is 0 Å². The first-order valence-corrected chi connectivity index (χ1v) is 3.55. The van der Waals surface area contributed by atoms with Gasteiger partial charge in [0.1, 0.15) is 24.3 Å². The van der Waals surface area contributed by atoms with Crippen LogP contribution in [-0.2, 0) is 0 Å². The molecule has 0 atom stereocenters. The van der Waals surface area contributed by atoms with E-state index in [2.05, 4.69) is 0 Å². The van der Waals surface area contributed by atoms with Gasteiger partial charge in [-0.05, 0) is 12.1 Å². The smallest absolute Gasteiger partial charge is 0.101 e. The maximum Gasteiger partial charge on any atom is 0.101 e. The Bertz CT molecular complexity index is 445. The van der Waals surface area contributed by atoms with E-state index in [1.54, 1.807) is 24.3 Å². The molecular formula is C10H2N4. The zero-order valence-electron chi connectivity index (χ0n) is 6.94. The van der Waals surface area contributed by atoms with Crippen LogP contribution < -0.4 is 0 Å². The van der Waals surface area contributed by atoms with E-state index in [-0.39, 0.29) is 22.3 Å². The molecule has 1 aromatic carbocycles. The maximum absolute atomic E-state index is 8.64. The summed E-state index contributed by atoms with van der Waals surface area (Å²) in [6.45, 7) is 0. The Morgan fingerprint density at radius 2 is 0.786 bits per heavy atom. The molecule has 0 aromatic heterocycles. The van der Waals surface area contributed by atoms with Gasteiger partial charge in [0.05, 0.1) is 22.3 Å². The first-order chi connectivity index (χ1) is 6.76. The highest BCUT2D eigenvalue weighted by molar-refractivity contribution is 5.57. The van der Waals surface area contributed by atoms with Gasteiger partial charge in [-0.25, -0.2) is 0 Å². The van der Waals surface area contributed by atoms with Crippen LogP contribution in [0.4, 0.5) is 0 Å². The van der Waals surface area contributed by atoms with Gasteiger partial charge < -0.3 is 0 Å². The van der Waals surface area contributed by atoms with Crippen molar-refractivity contribution < 1.29 is 0 Å². The normalized spacial score (nSPS) is 7.71. The largest absolute Gasteiger partial charge is 0.192 e. The van der Waals surface area contributed by atoms with Crippen LogP contribution in [0.15, 0.2) is 12.1 Å². The highest BCUT2D eigenvalue weighted by Crippen LogP contribution is 2.14. The molecule has 1 rings (SSSR count). The summed E-state index contributed by atoms with van der Waals surface area (Å²) in [6.07, 6.45) is 0. The third-order valence-electron chi connectivity index (χ3n) is 1.64. The number of nitrogens with zero attached hydrogens (tertiary/aromatic N) is 4. The van der Waals surface area contributed by atoms with Crippen molar-refractivity contribution >= 4 is 0 Å². The predicted molar refractivity (Wildman–Crippen MR) is 45.3 cm³/mol. The minimum atomic E-state index is 0.114. The Balaban J connectivity index is 3.60. The summed E-state index contributed by atoms with van der Waals surface area (Å²) in [5.74, 6) is 0. The molecule has 0 unspecified atom stereocenters. The van der Waals surface area contributed by atoms with E-state index in [0.29, 0.717) is 0 Å². The first-order valence-electron chi connectivity index (χ1n) is 3.55. The minimum absolute atomic E-state index is 0.114. The molecule has 0 N–H and O–H groups in total. The monoisotopic (exact) mass is 178 g/mol. The van der Waals surface area contributed by atoms with Gasteiger partial charge in [0, 0.05) is 0 Å². The van der Waals surface area contributed by atoms with E-state index in [0.717, 1.165) is 0 Å². The summed E-state index contributed by atoms with van der Waals surface area (Å²) in [6, 6.07) is 9.65. The molecule has 0 saturated carbocycles. The Morgan fingerprint density at radius 3 is 0.929 bits per heavy atom. The van der Waals surface area contributed by atoms with Crippen molar-refractivity contribution in [1.29, 1.82) is 21.0 Å². The number of hydrogen-bond acceptors (Lipinski definition) is 4. The van der Waals surface area contributed by atoms with Gasteiger partial charge in [-0.3, -0.25) is 0 Å². The van der Waals surface area contributed by atoms with Gasteiger partial charge in [-0.15, -0.1) is 0 Å². The summed E-state index contributed by atoms with van der Waals surface area (Å²) in [5.41, 5.74) is 0.456. The average molecular weight is 178 g/mol. The number of nitriles is 4. The van der Waals surface area contributed by atoms with E-state index in [4.69, 9.17) is 21.0 Å². The van der Waals surface area contributed by atoms with Crippen molar-refractivity contribution in [3.8, 4) is 24.3 Å². The highest BCUT2D eigenvalue weighted by atomic mass is 14.3. The van der Waals surface area contributed by atoms with E-state index < -0.39 is 0 Å². The van der Waals surface area contributed by atoms with E-state index in [9.17, 15) is 0 Å². The third-order valence-corrected chi connectivity index (χ3v) is 1.64. The van der Waals surface area contributed by atoms with Crippen molar-refractivity contribution in [2.24, 2.45) is 0 Å². The van der Waals surface area contributed by atoms with E-state index in [1.165, 1.54) is 12.1 Å². The van der Waals surface area contributed by atoms with Crippen molar-refractivity contribution in [3.05, 3.63) is 34.4 Å². The fourth-order valence-corrected chi connectivity index (χ4v) is 0.970. The van der Waals surface area contributed by atoms with Gasteiger partial charge >= 0.3 is 0 Å². The quantitative estimate of drug-likeness (QED) is 0.595. The summed E-state index contributed by atoms with van der Waals surface area (Å²) < 4.78 is 0. The van der Waals surface area contributed by atoms with Gasteiger partial charge in [0.2, 0.25) is 0 Å². The molecule has 1 aromatic rings. The van der Waals surface area contributed by atoms with E-state index in [1.807, 2.05) is 0 Å². The van der Waals surface area contributed by atoms with Crippen LogP contribution in [0.1, 0.15) is 22.3 Å². The second-order valence-electron chi connectivity index (χ2n) is 2.39. The molecule has 62 valence electrons. The predicted octanol–water partition coefficient (Wildman–Crippen LogP) is 1.17. The molecule has 0 saturated heterocycles. The van der Waals surface area contributed by atoms with Crippen LogP contribution in [0.5, 0.6) is 0 Å². The lowest BCUT2D eigenvalue weighted by Crippen LogP contribution is -1.90. The summed E-state index contributed by atoms with van der Waals surface area (Å²) in [4.78, 5) is 0. The summed E-state index contributed by atoms with van der Waals surface area (Å²) in [7, 11) is 0. The molecular weight excluding hydrogens is 176 g/mol. The lowest BCUT2D eigenvalue weighted by molar-refractivity contribution is 1.38. The average Bonchev–Trinajstić information content (AvgIpc) is 2.26. The zero-order chi connectivity index (χ0) is 10.6. The lowest BCUT2D eigenvalue weighted by Gasteiger charge is -1.96. The highest BCUT2D eigenvalue weighted by Gasteiger charge is 2.08. The molecule has 0 aliphatic heterocycles. The van der Waals surface area contributed by atoms with Crippen molar-refractivity contribution in [1.82, 2.24) is 0 Å². The van der Waals surface area contributed by atoms with E-state index >= 15 is 0 Å². The molecule has 0 aliphatic carbocycles. The Hall–Kier alpha value is -2.82. The minimum Gasteiger partial charge on any atom is -0.192 e. The van der Waals surface area contributed by atoms with Gasteiger partial charge in [-0.1, -0.05) is 0 Å². The second-order valence-corrected chi connectivity index (χ2v) is 2.39. The molecule has 0 heterocycles. The number of benzene rings is 1. The molecule has 0 fully saturated rings. The topological polar surface area (TPSA) is 95.2 Å². The standard InChI is InChI=1S/C10H2N4/c11-3-7-1-8(4-12)10(6-14)2-9(7)5-13/h1-2H. The van der Waals surface area contributed by atoms with Crippen molar-refractivity contribution in [3.63, 3.8) is 0 Å². The summed E-state index contributed by atoms with van der Waals surface area (Å²) in [5, 5.41) is 34.6. The molecule has 4 heteroatoms. The molecule has 0 spiro atoms. The molecule has 4 nitrogen and oxygen atoms in total. The molecule has 0 aliphatic rings.